The van der Waals surface area contributed by atoms with Crippen molar-refractivity contribution in [2.75, 3.05) is 5.32 Å². The van der Waals surface area contributed by atoms with Crippen molar-refractivity contribution in [3.8, 4) is 11.3 Å². The number of carboxylic acid groups (broad SMARTS) is 1. The Morgan fingerprint density at radius 1 is 1.20 bits per heavy atom. The first-order valence-electron chi connectivity index (χ1n) is 7.20. The van der Waals surface area contributed by atoms with Gasteiger partial charge in [-0.25, -0.2) is 14.9 Å². The quantitative estimate of drug-likeness (QED) is 0.411. The number of hydrogen-bond donors (Lipinski definition) is 4. The molecule has 0 atom stereocenters. The molecule has 0 aliphatic carbocycles. The number of benzene rings is 2. The highest BCUT2D eigenvalue weighted by atomic mass is 79.9. The molecular weight excluding hydrogens is 390 g/mol. The normalized spacial score (nSPS) is 11.1. The first kappa shape index (κ1) is 15.3. The number of fused-ring (bicyclic) bond motifs is 2. The number of nitrogens with one attached hydrogen (secondary N) is 3. The van der Waals surface area contributed by atoms with Crippen LogP contribution in [-0.2, 0) is 0 Å². The van der Waals surface area contributed by atoms with Crippen molar-refractivity contribution in [1.29, 1.82) is 0 Å². The number of halogens is 1. The van der Waals surface area contributed by atoms with Crippen molar-refractivity contribution < 1.29 is 9.90 Å². The summed E-state index contributed by atoms with van der Waals surface area (Å²) in [6.07, 6.45) is -1.20. The number of anilines is 1. The molecule has 2 aromatic carbocycles. The largest absolute Gasteiger partial charge is 0.465 e. The van der Waals surface area contributed by atoms with E-state index in [1.165, 1.54) is 0 Å². The van der Waals surface area contributed by atoms with E-state index in [0.29, 0.717) is 26.6 Å². The van der Waals surface area contributed by atoms with Gasteiger partial charge >= 0.3 is 6.09 Å². The van der Waals surface area contributed by atoms with Crippen molar-refractivity contribution in [1.82, 2.24) is 20.2 Å². The number of imidazole rings is 1. The molecule has 8 nitrogen and oxygen atoms in total. The number of carbonyl (C=O) groups is 1. The first-order chi connectivity index (χ1) is 12.0. The highest BCUT2D eigenvalue weighted by Crippen LogP contribution is 2.32. The van der Waals surface area contributed by atoms with Gasteiger partial charge in [0, 0.05) is 15.4 Å². The fourth-order valence-corrected chi connectivity index (χ4v) is 3.25. The zero-order valence-corrected chi connectivity index (χ0v) is 14.1. The Balaban J connectivity index is 1.94. The van der Waals surface area contributed by atoms with Gasteiger partial charge in [0.2, 0.25) is 5.95 Å². The maximum Gasteiger partial charge on any atom is 0.411 e. The van der Waals surface area contributed by atoms with E-state index in [1.54, 1.807) is 18.2 Å². The van der Waals surface area contributed by atoms with Crippen molar-refractivity contribution in [3.05, 3.63) is 51.2 Å². The van der Waals surface area contributed by atoms with Gasteiger partial charge in [-0.05, 0) is 34.1 Å². The minimum atomic E-state index is -1.20. The summed E-state index contributed by atoms with van der Waals surface area (Å²) in [5.74, 6) is 0.125. The zero-order valence-electron chi connectivity index (χ0n) is 12.5. The van der Waals surface area contributed by atoms with Crippen LogP contribution in [0.5, 0.6) is 0 Å². The molecule has 0 saturated carbocycles. The highest BCUT2D eigenvalue weighted by Gasteiger charge is 2.14. The number of amides is 1. The Hall–Kier alpha value is -3.20. The highest BCUT2D eigenvalue weighted by molar-refractivity contribution is 9.10. The van der Waals surface area contributed by atoms with E-state index >= 15 is 0 Å². The predicted molar refractivity (Wildman–Crippen MR) is 96.8 cm³/mol. The van der Waals surface area contributed by atoms with Crippen LogP contribution in [0.3, 0.4) is 0 Å². The molecule has 0 fully saturated rings. The summed E-state index contributed by atoms with van der Waals surface area (Å²) in [5, 5.41) is 18.9. The van der Waals surface area contributed by atoms with E-state index in [2.05, 4.69) is 41.4 Å². The number of H-pyrrole nitrogens is 2. The van der Waals surface area contributed by atoms with Crippen LogP contribution in [0.1, 0.15) is 0 Å². The molecule has 0 aliphatic rings. The number of rotatable bonds is 2. The smallest absolute Gasteiger partial charge is 0.411 e. The van der Waals surface area contributed by atoms with Gasteiger partial charge < -0.3 is 10.1 Å². The Kier molecular flexibility index (Phi) is 3.50. The fraction of sp³-hybridized carbons (Fsp3) is 0. The molecule has 124 valence electrons. The summed E-state index contributed by atoms with van der Waals surface area (Å²) in [7, 11) is 0. The topological polar surface area (TPSA) is 124 Å². The summed E-state index contributed by atoms with van der Waals surface area (Å²) in [5.41, 5.74) is 2.30. The summed E-state index contributed by atoms with van der Waals surface area (Å²) in [6, 6.07) is 10.8. The average molecular weight is 400 g/mol. The van der Waals surface area contributed by atoms with Crippen molar-refractivity contribution >= 4 is 49.8 Å². The number of hydrogen-bond acceptors (Lipinski definition) is 4. The van der Waals surface area contributed by atoms with E-state index in [-0.39, 0.29) is 11.5 Å². The van der Waals surface area contributed by atoms with Crippen LogP contribution in [0.4, 0.5) is 10.7 Å². The van der Waals surface area contributed by atoms with Crippen LogP contribution in [0, 0.1) is 0 Å². The number of aromatic amines is 2. The molecule has 2 heterocycles. The summed E-state index contributed by atoms with van der Waals surface area (Å²) in [4.78, 5) is 29.8. The van der Waals surface area contributed by atoms with Crippen LogP contribution < -0.4 is 10.9 Å². The Labute approximate surface area is 148 Å². The van der Waals surface area contributed by atoms with Gasteiger partial charge in [0.15, 0.2) is 0 Å². The summed E-state index contributed by atoms with van der Waals surface area (Å²) >= 11 is 3.46. The third-order valence-electron chi connectivity index (χ3n) is 3.74. The lowest BCUT2D eigenvalue weighted by Gasteiger charge is -2.06. The van der Waals surface area contributed by atoms with Crippen LogP contribution in [0.2, 0.25) is 0 Å². The van der Waals surface area contributed by atoms with Gasteiger partial charge in [-0.15, -0.1) is 0 Å². The van der Waals surface area contributed by atoms with Crippen LogP contribution in [0.25, 0.3) is 33.1 Å². The van der Waals surface area contributed by atoms with Crippen LogP contribution >= 0.6 is 15.9 Å². The van der Waals surface area contributed by atoms with Gasteiger partial charge in [-0.2, -0.15) is 5.10 Å². The van der Waals surface area contributed by atoms with Crippen LogP contribution in [0.15, 0.2) is 45.7 Å². The van der Waals surface area contributed by atoms with Crippen LogP contribution in [-0.4, -0.2) is 31.4 Å². The lowest BCUT2D eigenvalue weighted by Crippen LogP contribution is -2.09. The standard InChI is InChI=1S/C16H10BrN5O3/c17-10-5-7(6-11-13(10)19-15(18-11)20-16(24)25)12-8-3-1-2-4-9(8)14(23)22-21-12/h1-6H,(H,22,23)(H,24,25)(H2,18,19,20). The van der Waals surface area contributed by atoms with Gasteiger partial charge in [0.05, 0.1) is 22.1 Å². The molecule has 25 heavy (non-hydrogen) atoms. The fourth-order valence-electron chi connectivity index (χ4n) is 2.70. The SMILES string of the molecule is O=C(O)Nc1nc2cc(-c3n[nH]c(=O)c4ccccc34)cc(Br)c2[nH]1. The lowest BCUT2D eigenvalue weighted by molar-refractivity contribution is 0.209. The molecule has 4 N–H and O–H groups in total. The molecule has 1 amide bonds. The van der Waals surface area contributed by atoms with Gasteiger partial charge in [0.1, 0.15) is 0 Å². The molecule has 0 aliphatic heterocycles. The summed E-state index contributed by atoms with van der Waals surface area (Å²) < 4.78 is 0.697. The zero-order chi connectivity index (χ0) is 17.6. The van der Waals surface area contributed by atoms with Crippen molar-refractivity contribution in [2.45, 2.75) is 0 Å². The third kappa shape index (κ3) is 2.64. The first-order valence-corrected chi connectivity index (χ1v) is 7.99. The average Bonchev–Trinajstić information content (AvgIpc) is 2.97. The van der Waals surface area contributed by atoms with E-state index in [9.17, 15) is 9.59 Å². The number of aromatic nitrogens is 4. The van der Waals surface area contributed by atoms with Gasteiger partial charge in [0.25, 0.3) is 5.56 Å². The minimum absolute atomic E-state index is 0.125. The Morgan fingerprint density at radius 2 is 1.96 bits per heavy atom. The molecule has 4 aromatic rings. The van der Waals surface area contributed by atoms with Gasteiger partial charge in [-0.3, -0.25) is 10.1 Å². The minimum Gasteiger partial charge on any atom is -0.465 e. The molecule has 0 unspecified atom stereocenters. The van der Waals surface area contributed by atoms with E-state index in [1.807, 2.05) is 18.2 Å². The maximum absolute atomic E-state index is 11.9. The third-order valence-corrected chi connectivity index (χ3v) is 4.37. The van der Waals surface area contributed by atoms with E-state index < -0.39 is 6.09 Å². The second-order valence-electron chi connectivity index (χ2n) is 5.31. The maximum atomic E-state index is 11.9. The second-order valence-corrected chi connectivity index (χ2v) is 6.17. The molecule has 9 heteroatoms. The molecular formula is C16H10BrN5O3. The van der Waals surface area contributed by atoms with Crippen molar-refractivity contribution in [2.24, 2.45) is 0 Å². The Morgan fingerprint density at radius 3 is 2.72 bits per heavy atom. The predicted octanol–water partition coefficient (Wildman–Crippen LogP) is 3.32. The second kappa shape index (κ2) is 5.71. The number of nitrogens with zero attached hydrogens (tertiary/aromatic N) is 2. The molecule has 0 saturated heterocycles. The molecule has 0 radical (unpaired) electrons. The Bertz CT molecular complexity index is 1200. The van der Waals surface area contributed by atoms with E-state index in [0.717, 1.165) is 10.9 Å². The molecule has 0 spiro atoms. The molecule has 2 aromatic heterocycles. The lowest BCUT2D eigenvalue weighted by atomic mass is 10.0. The van der Waals surface area contributed by atoms with E-state index in [4.69, 9.17) is 5.11 Å². The monoisotopic (exact) mass is 399 g/mol. The molecule has 4 rings (SSSR count). The summed E-state index contributed by atoms with van der Waals surface area (Å²) in [6.45, 7) is 0. The molecule has 0 bridgehead atoms. The van der Waals surface area contributed by atoms with Gasteiger partial charge in [-0.1, -0.05) is 18.2 Å². The van der Waals surface area contributed by atoms with Crippen molar-refractivity contribution in [3.63, 3.8) is 0 Å².